The standard InChI is InChI=1S/C18H17F2NO6/c1-3-25-18(24)10-4-13(21(9(10)2)7-16(19)20)11-5-14-15(27-8-26-14)6-12(11)17(22)23/h4-6,16H,3,7-8H2,1-2H3,(H,22,23). The Hall–Kier alpha value is -3.10. The van der Waals surface area contributed by atoms with Crippen LogP contribution in [-0.4, -0.2) is 41.4 Å². The first kappa shape index (κ1) is 18.7. The van der Waals surface area contributed by atoms with Gasteiger partial charge in [0, 0.05) is 11.3 Å². The van der Waals surface area contributed by atoms with Gasteiger partial charge in [0.25, 0.3) is 6.43 Å². The Balaban J connectivity index is 2.22. The van der Waals surface area contributed by atoms with E-state index in [9.17, 15) is 23.5 Å². The normalized spacial score (nSPS) is 12.5. The van der Waals surface area contributed by atoms with Crippen LogP contribution in [0.1, 0.15) is 33.3 Å². The van der Waals surface area contributed by atoms with Gasteiger partial charge in [-0.15, -0.1) is 0 Å². The van der Waals surface area contributed by atoms with Crippen molar-refractivity contribution in [2.24, 2.45) is 0 Å². The lowest BCUT2D eigenvalue weighted by Gasteiger charge is -2.14. The number of carboxylic acids is 1. The number of fused-ring (bicyclic) bond motifs is 1. The van der Waals surface area contributed by atoms with Crippen molar-refractivity contribution in [1.82, 2.24) is 4.57 Å². The van der Waals surface area contributed by atoms with Gasteiger partial charge in [0.05, 0.1) is 30.0 Å². The Morgan fingerprint density at radius 1 is 1.22 bits per heavy atom. The zero-order valence-electron chi connectivity index (χ0n) is 14.6. The fourth-order valence-electron chi connectivity index (χ4n) is 2.99. The second kappa shape index (κ2) is 7.26. The van der Waals surface area contributed by atoms with E-state index in [1.807, 2.05) is 0 Å². The van der Waals surface area contributed by atoms with Crippen LogP contribution < -0.4 is 9.47 Å². The lowest BCUT2D eigenvalue weighted by atomic mass is 10.0. The van der Waals surface area contributed by atoms with Gasteiger partial charge in [0.15, 0.2) is 11.5 Å². The van der Waals surface area contributed by atoms with Gasteiger partial charge in [-0.2, -0.15) is 0 Å². The quantitative estimate of drug-likeness (QED) is 0.773. The molecule has 0 unspecified atom stereocenters. The summed E-state index contributed by atoms with van der Waals surface area (Å²) in [5, 5.41) is 9.56. The Bertz CT molecular complexity index is 906. The minimum Gasteiger partial charge on any atom is -0.478 e. The van der Waals surface area contributed by atoms with Crippen LogP contribution in [0.25, 0.3) is 11.3 Å². The minimum absolute atomic E-state index is 0.0665. The van der Waals surface area contributed by atoms with E-state index in [0.29, 0.717) is 5.75 Å². The van der Waals surface area contributed by atoms with Crippen molar-refractivity contribution in [3.8, 4) is 22.8 Å². The molecule has 0 radical (unpaired) electrons. The van der Waals surface area contributed by atoms with E-state index in [0.717, 1.165) is 0 Å². The van der Waals surface area contributed by atoms with Crippen LogP contribution in [-0.2, 0) is 11.3 Å². The fourth-order valence-corrected chi connectivity index (χ4v) is 2.99. The molecule has 0 saturated carbocycles. The summed E-state index contributed by atoms with van der Waals surface area (Å²) in [6, 6.07) is 4.05. The zero-order chi connectivity index (χ0) is 19.7. The molecule has 2 aromatic rings. The summed E-state index contributed by atoms with van der Waals surface area (Å²) in [5.41, 5.74) is 0.513. The molecule has 0 saturated heterocycles. The van der Waals surface area contributed by atoms with Crippen molar-refractivity contribution in [3.63, 3.8) is 0 Å². The third kappa shape index (κ3) is 3.44. The molecule has 0 aliphatic carbocycles. The molecular weight excluding hydrogens is 364 g/mol. The second-order valence-corrected chi connectivity index (χ2v) is 5.81. The van der Waals surface area contributed by atoms with E-state index < -0.39 is 24.9 Å². The van der Waals surface area contributed by atoms with Gasteiger partial charge in [0.2, 0.25) is 6.79 Å². The predicted molar refractivity (Wildman–Crippen MR) is 89.6 cm³/mol. The average Bonchev–Trinajstić information content (AvgIpc) is 3.18. The highest BCUT2D eigenvalue weighted by atomic mass is 19.3. The second-order valence-electron chi connectivity index (χ2n) is 5.81. The number of aromatic carboxylic acids is 1. The van der Waals surface area contributed by atoms with E-state index in [1.54, 1.807) is 6.92 Å². The van der Waals surface area contributed by atoms with Gasteiger partial charge in [-0.25, -0.2) is 18.4 Å². The SMILES string of the molecule is CCOC(=O)c1cc(-c2cc3c(cc2C(=O)O)OCO3)n(CC(F)F)c1C. The molecule has 2 heterocycles. The first-order valence-electron chi connectivity index (χ1n) is 8.16. The molecule has 144 valence electrons. The van der Waals surface area contributed by atoms with E-state index in [2.05, 4.69) is 0 Å². The number of nitrogens with zero attached hydrogens (tertiary/aromatic N) is 1. The van der Waals surface area contributed by atoms with Crippen LogP contribution in [0.4, 0.5) is 8.78 Å². The van der Waals surface area contributed by atoms with Gasteiger partial charge < -0.3 is 23.9 Å². The maximum atomic E-state index is 13.1. The van der Waals surface area contributed by atoms with E-state index in [1.165, 1.54) is 29.7 Å². The number of alkyl halides is 2. The van der Waals surface area contributed by atoms with Crippen LogP contribution in [0.3, 0.4) is 0 Å². The Labute approximate surface area is 153 Å². The Morgan fingerprint density at radius 2 is 1.89 bits per heavy atom. The maximum absolute atomic E-state index is 13.1. The summed E-state index contributed by atoms with van der Waals surface area (Å²) in [5.74, 6) is -1.37. The Kier molecular flexibility index (Phi) is 5.02. The van der Waals surface area contributed by atoms with Crippen molar-refractivity contribution in [2.75, 3.05) is 13.4 Å². The zero-order valence-corrected chi connectivity index (χ0v) is 14.6. The topological polar surface area (TPSA) is 87.0 Å². The summed E-state index contributed by atoms with van der Waals surface area (Å²) in [6.07, 6.45) is -2.70. The minimum atomic E-state index is -2.70. The summed E-state index contributed by atoms with van der Waals surface area (Å²) in [4.78, 5) is 23.9. The van der Waals surface area contributed by atoms with Crippen molar-refractivity contribution < 1.29 is 37.7 Å². The molecule has 0 spiro atoms. The Morgan fingerprint density at radius 3 is 2.48 bits per heavy atom. The van der Waals surface area contributed by atoms with Crippen LogP contribution >= 0.6 is 0 Å². The third-order valence-electron chi connectivity index (χ3n) is 4.20. The van der Waals surface area contributed by atoms with Gasteiger partial charge in [-0.1, -0.05) is 0 Å². The van der Waals surface area contributed by atoms with E-state index in [-0.39, 0.29) is 47.2 Å². The number of carboxylic acid groups (broad SMARTS) is 1. The molecule has 0 fully saturated rings. The van der Waals surface area contributed by atoms with Gasteiger partial charge in [-0.05, 0) is 32.0 Å². The molecular formula is C18H17F2NO6. The lowest BCUT2D eigenvalue weighted by molar-refractivity contribution is 0.0524. The fraction of sp³-hybridized carbons (Fsp3) is 0.333. The average molecular weight is 381 g/mol. The van der Waals surface area contributed by atoms with E-state index in [4.69, 9.17) is 14.2 Å². The number of carbonyl (C=O) groups is 2. The number of benzene rings is 1. The molecule has 1 N–H and O–H groups in total. The summed E-state index contributed by atoms with van der Waals surface area (Å²) < 4.78 is 42.9. The number of halogens is 2. The number of ether oxygens (including phenoxy) is 3. The molecule has 9 heteroatoms. The molecule has 7 nitrogen and oxygen atoms in total. The molecule has 1 aliphatic heterocycles. The first-order valence-corrected chi connectivity index (χ1v) is 8.16. The van der Waals surface area contributed by atoms with Crippen LogP contribution in [0.15, 0.2) is 18.2 Å². The molecule has 1 aromatic heterocycles. The molecule has 0 bridgehead atoms. The van der Waals surface area contributed by atoms with Gasteiger partial charge >= 0.3 is 11.9 Å². The van der Waals surface area contributed by atoms with Crippen LogP contribution in [0, 0.1) is 6.92 Å². The molecule has 0 amide bonds. The summed E-state index contributed by atoms with van der Waals surface area (Å²) in [6.45, 7) is 2.49. The number of esters is 1. The maximum Gasteiger partial charge on any atom is 0.339 e. The smallest absolute Gasteiger partial charge is 0.339 e. The predicted octanol–water partition coefficient (Wildman–Crippen LogP) is 3.33. The number of rotatable bonds is 6. The molecule has 0 atom stereocenters. The van der Waals surface area contributed by atoms with E-state index >= 15 is 0 Å². The molecule has 3 rings (SSSR count). The third-order valence-corrected chi connectivity index (χ3v) is 4.20. The van der Waals surface area contributed by atoms with Crippen molar-refractivity contribution >= 4 is 11.9 Å². The number of carbonyl (C=O) groups excluding carboxylic acids is 1. The largest absolute Gasteiger partial charge is 0.478 e. The molecule has 1 aliphatic rings. The monoisotopic (exact) mass is 381 g/mol. The van der Waals surface area contributed by atoms with Crippen molar-refractivity contribution in [3.05, 3.63) is 35.0 Å². The first-order chi connectivity index (χ1) is 12.8. The van der Waals surface area contributed by atoms with Crippen molar-refractivity contribution in [2.45, 2.75) is 26.8 Å². The summed E-state index contributed by atoms with van der Waals surface area (Å²) in [7, 11) is 0. The number of hydrogen-bond donors (Lipinski definition) is 1. The summed E-state index contributed by atoms with van der Waals surface area (Å²) >= 11 is 0. The number of aromatic nitrogens is 1. The van der Waals surface area contributed by atoms with Crippen LogP contribution in [0.5, 0.6) is 11.5 Å². The highest BCUT2D eigenvalue weighted by Crippen LogP contribution is 2.40. The highest BCUT2D eigenvalue weighted by Gasteiger charge is 2.27. The molecule has 1 aromatic carbocycles. The highest BCUT2D eigenvalue weighted by molar-refractivity contribution is 5.99. The van der Waals surface area contributed by atoms with Gasteiger partial charge in [0.1, 0.15) is 0 Å². The lowest BCUT2D eigenvalue weighted by Crippen LogP contribution is -2.12. The van der Waals surface area contributed by atoms with Crippen molar-refractivity contribution in [1.29, 1.82) is 0 Å². The van der Waals surface area contributed by atoms with Crippen LogP contribution in [0.2, 0.25) is 0 Å². The number of hydrogen-bond acceptors (Lipinski definition) is 5. The van der Waals surface area contributed by atoms with Gasteiger partial charge in [-0.3, -0.25) is 0 Å². The molecule has 27 heavy (non-hydrogen) atoms.